The lowest BCUT2D eigenvalue weighted by atomic mass is 10.0. The summed E-state index contributed by atoms with van der Waals surface area (Å²) in [6, 6.07) is 0. The predicted octanol–water partition coefficient (Wildman–Crippen LogP) is 4.82. The second kappa shape index (κ2) is 8.08. The Bertz CT molecular complexity index is 457. The van der Waals surface area contributed by atoms with Gasteiger partial charge in [-0.2, -0.15) is 0 Å². The van der Waals surface area contributed by atoms with Gasteiger partial charge < -0.3 is 10.1 Å². The van der Waals surface area contributed by atoms with Gasteiger partial charge in [-0.05, 0) is 41.6 Å². The van der Waals surface area contributed by atoms with Crippen LogP contribution in [0, 0.1) is 0 Å². The van der Waals surface area contributed by atoms with Crippen LogP contribution in [0.2, 0.25) is 0 Å². The van der Waals surface area contributed by atoms with Gasteiger partial charge in [0.1, 0.15) is 11.9 Å². The van der Waals surface area contributed by atoms with Gasteiger partial charge in [0.25, 0.3) is 0 Å². The molecular weight excluding hydrogens is 330 g/mol. The topological polar surface area (TPSA) is 47.0 Å². The van der Waals surface area contributed by atoms with Crippen LogP contribution in [0.1, 0.15) is 75.9 Å². The van der Waals surface area contributed by atoms with E-state index in [1.165, 1.54) is 25.7 Å². The van der Waals surface area contributed by atoms with E-state index in [2.05, 4.69) is 40.1 Å². The molecule has 1 fully saturated rings. The molecule has 1 unspecified atom stereocenters. The van der Waals surface area contributed by atoms with Crippen molar-refractivity contribution in [2.45, 2.75) is 64.4 Å². The predicted molar refractivity (Wildman–Crippen MR) is 89.8 cm³/mol. The molecule has 0 aromatic carbocycles. The number of nitrogens with one attached hydrogen (secondary N) is 1. The lowest BCUT2D eigenvalue weighted by Crippen LogP contribution is -2.14. The summed E-state index contributed by atoms with van der Waals surface area (Å²) in [5.41, 5.74) is 1.16. The highest BCUT2D eigenvalue weighted by Gasteiger charge is 2.25. The largest absolute Gasteiger partial charge is 0.373 e. The van der Waals surface area contributed by atoms with Gasteiger partial charge in [0.2, 0.25) is 0 Å². The molecule has 0 spiro atoms. The lowest BCUT2D eigenvalue weighted by Gasteiger charge is -2.19. The molecule has 2 rings (SSSR count). The van der Waals surface area contributed by atoms with E-state index in [-0.39, 0.29) is 6.10 Å². The van der Waals surface area contributed by atoms with E-state index in [9.17, 15) is 0 Å². The summed E-state index contributed by atoms with van der Waals surface area (Å²) in [4.78, 5) is 9.53. The van der Waals surface area contributed by atoms with Gasteiger partial charge in [-0.25, -0.2) is 9.97 Å². The van der Waals surface area contributed by atoms with Crippen LogP contribution in [-0.2, 0) is 4.74 Å². The second-order valence-electron chi connectivity index (χ2n) is 5.67. The Morgan fingerprint density at radius 2 is 2.00 bits per heavy atom. The first-order valence-electron chi connectivity index (χ1n) is 8.05. The van der Waals surface area contributed by atoms with Crippen LogP contribution in [0.25, 0.3) is 0 Å². The Hall–Kier alpha value is -0.680. The minimum atomic E-state index is -0.0274. The van der Waals surface area contributed by atoms with Crippen molar-refractivity contribution >= 4 is 21.7 Å². The Morgan fingerprint density at radius 1 is 1.29 bits per heavy atom. The normalized spacial score (nSPS) is 17.1. The molecular formula is C16H26BrN3O. The summed E-state index contributed by atoms with van der Waals surface area (Å²) in [5.74, 6) is 2.28. The Morgan fingerprint density at radius 3 is 2.57 bits per heavy atom. The van der Waals surface area contributed by atoms with E-state index in [0.717, 1.165) is 41.2 Å². The van der Waals surface area contributed by atoms with Gasteiger partial charge in [-0.1, -0.05) is 26.7 Å². The highest BCUT2D eigenvalue weighted by atomic mass is 79.9. The number of ether oxygens (including phenoxy) is 1. The molecule has 1 atom stereocenters. The van der Waals surface area contributed by atoms with Crippen molar-refractivity contribution in [3.63, 3.8) is 0 Å². The fourth-order valence-corrected chi connectivity index (χ4v) is 3.55. The maximum absolute atomic E-state index is 5.53. The molecule has 0 radical (unpaired) electrons. The lowest BCUT2D eigenvalue weighted by molar-refractivity contribution is 0.0924. The molecule has 118 valence electrons. The van der Waals surface area contributed by atoms with Crippen molar-refractivity contribution in [3.8, 4) is 0 Å². The van der Waals surface area contributed by atoms with Crippen molar-refractivity contribution in [2.75, 3.05) is 19.0 Å². The van der Waals surface area contributed by atoms with E-state index >= 15 is 0 Å². The molecule has 5 heteroatoms. The number of halogens is 1. The smallest absolute Gasteiger partial charge is 0.159 e. The minimum absolute atomic E-state index is 0.0274. The number of aromatic nitrogens is 2. The monoisotopic (exact) mass is 355 g/mol. The van der Waals surface area contributed by atoms with Crippen LogP contribution in [0.4, 0.5) is 5.82 Å². The number of anilines is 1. The second-order valence-corrected chi connectivity index (χ2v) is 6.46. The Labute approximate surface area is 136 Å². The van der Waals surface area contributed by atoms with Crippen LogP contribution in [0.3, 0.4) is 0 Å². The molecule has 0 saturated heterocycles. The number of hydrogen-bond donors (Lipinski definition) is 1. The molecule has 1 aromatic rings. The van der Waals surface area contributed by atoms with Gasteiger partial charge in [-0.15, -0.1) is 0 Å². The molecule has 1 saturated carbocycles. The van der Waals surface area contributed by atoms with Gasteiger partial charge in [-0.3, -0.25) is 0 Å². The SMILES string of the molecule is CCCNc1nc(C(CC)OC)nc(C2CCCC2)c1Br. The maximum atomic E-state index is 5.53. The minimum Gasteiger partial charge on any atom is -0.373 e. The van der Waals surface area contributed by atoms with Crippen molar-refractivity contribution in [1.82, 2.24) is 9.97 Å². The van der Waals surface area contributed by atoms with Gasteiger partial charge in [0, 0.05) is 19.6 Å². The third-order valence-corrected chi connectivity index (χ3v) is 4.90. The summed E-state index contributed by atoms with van der Waals surface area (Å²) in [7, 11) is 1.73. The third kappa shape index (κ3) is 3.95. The third-order valence-electron chi connectivity index (χ3n) is 4.12. The quantitative estimate of drug-likeness (QED) is 0.761. The summed E-state index contributed by atoms with van der Waals surface area (Å²) in [6.45, 7) is 5.18. The first-order valence-corrected chi connectivity index (χ1v) is 8.84. The molecule has 1 heterocycles. The van der Waals surface area contributed by atoms with Crippen molar-refractivity contribution in [1.29, 1.82) is 0 Å². The first-order chi connectivity index (χ1) is 10.2. The summed E-state index contributed by atoms with van der Waals surface area (Å²) in [5, 5.41) is 3.42. The first kappa shape index (κ1) is 16.7. The Balaban J connectivity index is 2.38. The molecule has 0 aliphatic heterocycles. The van der Waals surface area contributed by atoms with E-state index in [1.54, 1.807) is 7.11 Å². The Kier molecular flexibility index (Phi) is 6.42. The molecule has 1 aliphatic carbocycles. The van der Waals surface area contributed by atoms with Crippen LogP contribution in [0.5, 0.6) is 0 Å². The molecule has 1 aliphatic rings. The van der Waals surface area contributed by atoms with Crippen LogP contribution in [0.15, 0.2) is 4.47 Å². The summed E-state index contributed by atoms with van der Waals surface area (Å²) >= 11 is 3.72. The van der Waals surface area contributed by atoms with Crippen LogP contribution < -0.4 is 5.32 Å². The van der Waals surface area contributed by atoms with E-state index in [1.807, 2.05) is 0 Å². The molecule has 4 nitrogen and oxygen atoms in total. The van der Waals surface area contributed by atoms with Crippen LogP contribution in [-0.4, -0.2) is 23.6 Å². The van der Waals surface area contributed by atoms with E-state index < -0.39 is 0 Å². The maximum Gasteiger partial charge on any atom is 0.159 e. The zero-order valence-electron chi connectivity index (χ0n) is 13.3. The molecule has 0 amide bonds. The highest BCUT2D eigenvalue weighted by molar-refractivity contribution is 9.10. The average molecular weight is 356 g/mol. The van der Waals surface area contributed by atoms with Gasteiger partial charge in [0.05, 0.1) is 10.2 Å². The number of rotatable bonds is 7. The average Bonchev–Trinajstić information content (AvgIpc) is 3.02. The van der Waals surface area contributed by atoms with Crippen LogP contribution >= 0.6 is 15.9 Å². The molecule has 1 N–H and O–H groups in total. The molecule has 21 heavy (non-hydrogen) atoms. The fourth-order valence-electron chi connectivity index (χ4n) is 2.91. The van der Waals surface area contributed by atoms with Gasteiger partial charge in [0.15, 0.2) is 5.82 Å². The molecule has 1 aromatic heterocycles. The van der Waals surface area contributed by atoms with E-state index in [0.29, 0.717) is 5.92 Å². The van der Waals surface area contributed by atoms with Crippen molar-refractivity contribution < 1.29 is 4.74 Å². The fraction of sp³-hybridized carbons (Fsp3) is 0.750. The van der Waals surface area contributed by atoms with Crippen molar-refractivity contribution in [2.24, 2.45) is 0 Å². The highest BCUT2D eigenvalue weighted by Crippen LogP contribution is 2.39. The number of methoxy groups -OCH3 is 1. The summed E-state index contributed by atoms with van der Waals surface area (Å²) < 4.78 is 6.57. The zero-order chi connectivity index (χ0) is 15.2. The van der Waals surface area contributed by atoms with E-state index in [4.69, 9.17) is 9.72 Å². The zero-order valence-corrected chi connectivity index (χ0v) is 14.9. The summed E-state index contributed by atoms with van der Waals surface area (Å²) in [6.07, 6.45) is 6.99. The number of hydrogen-bond acceptors (Lipinski definition) is 4. The number of nitrogens with zero attached hydrogens (tertiary/aromatic N) is 2. The standard InChI is InChI=1S/C16H26BrN3O/c1-4-10-18-16-13(17)14(11-8-6-7-9-11)19-15(20-16)12(5-2)21-3/h11-12H,4-10H2,1-3H3,(H,18,19,20). The molecule has 0 bridgehead atoms. The van der Waals surface area contributed by atoms with Gasteiger partial charge >= 0.3 is 0 Å². The van der Waals surface area contributed by atoms with Crippen molar-refractivity contribution in [3.05, 3.63) is 16.0 Å².